The van der Waals surface area contributed by atoms with Gasteiger partial charge in [-0.25, -0.2) is 19.3 Å². The largest absolute Gasteiger partial charge is 1.00 e. The molecule has 1 aromatic carbocycles. The molecule has 17 heteroatoms. The molecule has 0 aliphatic rings. The summed E-state index contributed by atoms with van der Waals surface area (Å²) in [4.78, 5) is 44.3. The number of nitrogens with zero attached hydrogens (tertiary/aromatic N) is 9. The molecule has 0 saturated heterocycles. The number of carbonyl (C=O) groups is 1. The van der Waals surface area contributed by atoms with Crippen LogP contribution >= 0.6 is 0 Å². The van der Waals surface area contributed by atoms with Gasteiger partial charge < -0.3 is 46.9 Å². The molecule has 0 aliphatic heterocycles. The number of nitrogens with one attached hydrogen (secondary N) is 2. The number of likely N-dealkylation sites (N-methyl/N-ethyl adjacent to an activating group) is 1. The number of hydrogen-bond donors (Lipinski definition) is 2. The summed E-state index contributed by atoms with van der Waals surface area (Å²) in [5, 5.41) is 27.0. The molecule has 5 aromatic rings. The molecule has 0 fully saturated rings. The van der Waals surface area contributed by atoms with E-state index in [1.807, 2.05) is 26.2 Å². The van der Waals surface area contributed by atoms with Crippen molar-refractivity contribution in [2.75, 3.05) is 31.3 Å². The predicted octanol–water partition coefficient (Wildman–Crippen LogP) is 1.17. The summed E-state index contributed by atoms with van der Waals surface area (Å²) in [7, 11) is 5.22. The number of pyridine rings is 2. The average molecular weight is 719 g/mol. The number of hydrogen-bond acceptors (Lipinski definition) is 11. The molecule has 0 spiro atoms. The lowest BCUT2D eigenvalue weighted by Gasteiger charge is -2.28. The highest BCUT2D eigenvalue weighted by molar-refractivity contribution is 6.00. The van der Waals surface area contributed by atoms with Crippen molar-refractivity contribution in [3.63, 3.8) is 0 Å². The molecule has 4 aromatic heterocycles. The number of halogens is 2. The molecule has 2 N–H and O–H groups in total. The molecular formula is C31H29BrFN11O4. The molecule has 4 heterocycles. The van der Waals surface area contributed by atoms with Gasteiger partial charge in [-0.15, -0.1) is 0 Å². The van der Waals surface area contributed by atoms with E-state index in [0.717, 1.165) is 0 Å². The van der Waals surface area contributed by atoms with Crippen LogP contribution in [0.15, 0.2) is 73.3 Å². The van der Waals surface area contributed by atoms with Gasteiger partial charge in [0.1, 0.15) is 31.1 Å². The van der Waals surface area contributed by atoms with Gasteiger partial charge in [0.2, 0.25) is 5.91 Å². The topological polar surface area (TPSA) is 187 Å². The van der Waals surface area contributed by atoms with Crippen LogP contribution in [0.3, 0.4) is 0 Å². The van der Waals surface area contributed by atoms with Crippen LogP contribution in [0.1, 0.15) is 17.2 Å². The molecule has 5 rings (SSSR count). The van der Waals surface area contributed by atoms with E-state index in [-0.39, 0.29) is 57.8 Å². The standard InChI is InChI=1S/C31H28FN11O4.BrH/c1-41-25(31(42(45)46)40-28(41)15-33)17-43(2,3)12-6-8-29(44)39-27-14-22-24(16-35-27)36-19-37-30(22)38-20-9-10-26(23(32)13-20)47-18-21-7-4-5-11-34-21;/h4-11,13-14,16,19H,12,17-18H2,1-3H3,(H-,35,36,37,38,39,44);1H/b8-6+;. The molecular weight excluding hydrogens is 689 g/mol. The second-order valence-electron chi connectivity index (χ2n) is 11.0. The Morgan fingerprint density at radius 2 is 2.00 bits per heavy atom. The molecule has 0 unspecified atom stereocenters. The van der Waals surface area contributed by atoms with E-state index < -0.39 is 16.6 Å². The lowest BCUT2D eigenvalue weighted by atomic mass is 10.2. The molecule has 0 radical (unpaired) electrons. The van der Waals surface area contributed by atoms with Crippen LogP contribution in [0.2, 0.25) is 0 Å². The van der Waals surface area contributed by atoms with Crippen LogP contribution in [-0.2, 0) is 25.0 Å². The maximum absolute atomic E-state index is 14.8. The number of nitro groups is 1. The van der Waals surface area contributed by atoms with Gasteiger partial charge in [0.15, 0.2) is 23.3 Å². The normalized spacial score (nSPS) is 11.1. The van der Waals surface area contributed by atoms with E-state index in [4.69, 9.17) is 4.74 Å². The Bertz CT molecular complexity index is 2030. The van der Waals surface area contributed by atoms with Crippen LogP contribution in [0.25, 0.3) is 10.9 Å². The third-order valence-electron chi connectivity index (χ3n) is 6.98. The Morgan fingerprint density at radius 1 is 1.19 bits per heavy atom. The molecule has 48 heavy (non-hydrogen) atoms. The highest BCUT2D eigenvalue weighted by Crippen LogP contribution is 2.28. The number of benzene rings is 1. The van der Waals surface area contributed by atoms with Crippen molar-refractivity contribution >= 4 is 40.0 Å². The van der Waals surface area contributed by atoms with Gasteiger partial charge in [-0.05, 0) is 46.3 Å². The summed E-state index contributed by atoms with van der Waals surface area (Å²) >= 11 is 0. The number of aromatic nitrogens is 6. The minimum absolute atomic E-state index is 0. The minimum atomic E-state index is -0.614. The summed E-state index contributed by atoms with van der Waals surface area (Å²) < 4.78 is 22.0. The third kappa shape index (κ3) is 8.48. The van der Waals surface area contributed by atoms with Gasteiger partial charge in [-0.1, -0.05) is 6.07 Å². The fraction of sp³-hybridized carbons (Fsp3) is 0.194. The van der Waals surface area contributed by atoms with Gasteiger partial charge in [-0.3, -0.25) is 14.3 Å². The zero-order chi connectivity index (χ0) is 33.6. The summed E-state index contributed by atoms with van der Waals surface area (Å²) in [5.41, 5.74) is 1.88. The van der Waals surface area contributed by atoms with Crippen molar-refractivity contribution in [3.8, 4) is 11.8 Å². The van der Waals surface area contributed by atoms with Crippen LogP contribution in [0.4, 0.5) is 27.5 Å². The average Bonchev–Trinajstić information content (AvgIpc) is 3.35. The number of quaternary nitrogens is 1. The van der Waals surface area contributed by atoms with E-state index in [1.54, 1.807) is 43.6 Å². The number of imidazole rings is 1. The lowest BCUT2D eigenvalue weighted by Crippen LogP contribution is -3.00. The second kappa shape index (κ2) is 15.2. The number of nitriles is 1. The zero-order valence-corrected chi connectivity index (χ0v) is 27.5. The highest BCUT2D eigenvalue weighted by Gasteiger charge is 2.30. The van der Waals surface area contributed by atoms with Crippen LogP contribution < -0.4 is 32.4 Å². The van der Waals surface area contributed by atoms with Crippen molar-refractivity contribution < 1.29 is 40.3 Å². The second-order valence-corrected chi connectivity index (χ2v) is 11.0. The Morgan fingerprint density at radius 3 is 2.71 bits per heavy atom. The monoisotopic (exact) mass is 717 g/mol. The summed E-state index contributed by atoms with van der Waals surface area (Å²) in [6, 6.07) is 13.3. The molecule has 0 aliphatic carbocycles. The van der Waals surface area contributed by atoms with Crippen LogP contribution in [0.5, 0.6) is 5.75 Å². The van der Waals surface area contributed by atoms with E-state index in [1.165, 1.54) is 35.3 Å². The zero-order valence-electron chi connectivity index (χ0n) is 26.0. The number of carbonyl (C=O) groups excluding carboxylic acids is 1. The number of anilines is 3. The van der Waals surface area contributed by atoms with E-state index >= 15 is 0 Å². The first kappa shape index (κ1) is 35.0. The molecule has 0 bridgehead atoms. The lowest BCUT2D eigenvalue weighted by molar-refractivity contribution is -0.898. The van der Waals surface area contributed by atoms with E-state index in [9.17, 15) is 24.6 Å². The first-order valence-electron chi connectivity index (χ1n) is 14.1. The van der Waals surface area contributed by atoms with Gasteiger partial charge >= 0.3 is 11.6 Å². The summed E-state index contributed by atoms with van der Waals surface area (Å²) in [5.74, 6) is -0.775. The fourth-order valence-electron chi connectivity index (χ4n) is 4.62. The third-order valence-corrected chi connectivity index (χ3v) is 6.98. The fourth-order valence-corrected chi connectivity index (χ4v) is 4.62. The maximum atomic E-state index is 14.8. The van der Waals surface area contributed by atoms with Crippen LogP contribution in [-0.4, -0.2) is 65.4 Å². The Kier molecular flexibility index (Phi) is 11.0. The Labute approximate surface area is 284 Å². The molecule has 1 amide bonds. The molecule has 0 atom stereocenters. The number of amides is 1. The van der Waals surface area contributed by atoms with E-state index in [2.05, 4.69) is 35.6 Å². The van der Waals surface area contributed by atoms with E-state index in [0.29, 0.717) is 40.3 Å². The van der Waals surface area contributed by atoms with Gasteiger partial charge in [0.05, 0.1) is 38.0 Å². The molecule has 246 valence electrons. The van der Waals surface area contributed by atoms with Crippen LogP contribution in [0, 0.1) is 27.3 Å². The van der Waals surface area contributed by atoms with Crippen molar-refractivity contribution in [2.24, 2.45) is 7.05 Å². The van der Waals surface area contributed by atoms with Crippen molar-refractivity contribution in [2.45, 2.75) is 13.2 Å². The summed E-state index contributed by atoms with van der Waals surface area (Å²) in [6.07, 6.45) is 7.43. The Hall–Kier alpha value is -5.86. The summed E-state index contributed by atoms with van der Waals surface area (Å²) in [6.45, 7) is 0.656. The van der Waals surface area contributed by atoms with Crippen molar-refractivity contribution in [1.29, 1.82) is 5.26 Å². The predicted molar refractivity (Wildman–Crippen MR) is 169 cm³/mol. The number of rotatable bonds is 12. The van der Waals surface area contributed by atoms with Crippen molar-refractivity contribution in [1.82, 2.24) is 29.5 Å². The van der Waals surface area contributed by atoms with Gasteiger partial charge in [0.25, 0.3) is 0 Å². The Balaban J connectivity index is 0.00000520. The van der Waals surface area contributed by atoms with Crippen molar-refractivity contribution in [3.05, 3.63) is 106 Å². The smallest absolute Gasteiger partial charge is 0.392 e. The van der Waals surface area contributed by atoms with Gasteiger partial charge in [0, 0.05) is 36.5 Å². The minimum Gasteiger partial charge on any atom is -1.00 e. The first-order chi connectivity index (χ1) is 22.5. The van der Waals surface area contributed by atoms with Gasteiger partial charge in [-0.2, -0.15) is 5.26 Å². The first-order valence-corrected chi connectivity index (χ1v) is 14.1. The quantitative estimate of drug-likeness (QED) is 0.0817. The molecule has 0 saturated carbocycles. The number of ether oxygens (including phenoxy) is 1. The SMILES string of the molecule is Cn1c(C#N)nc([N+](=O)[O-])c1C[N+](C)(C)C/C=C/C(=O)Nc1cc2c(Nc3ccc(OCc4ccccn4)c(F)c3)ncnc2cn1.[Br-]. The molecule has 15 nitrogen and oxygen atoms in total. The number of fused-ring (bicyclic) bond motifs is 1. The maximum Gasteiger partial charge on any atom is 0.392 e. The highest BCUT2D eigenvalue weighted by atomic mass is 79.9.